The number of epoxide rings is 1. The molecule has 0 radical (unpaired) electrons. The second kappa shape index (κ2) is 5.70. The predicted octanol–water partition coefficient (Wildman–Crippen LogP) is 0.522. The highest BCUT2D eigenvalue weighted by Gasteiger charge is 2.21. The molecule has 0 aromatic rings. The molecule has 1 saturated heterocycles. The van der Waals surface area contributed by atoms with Crippen molar-refractivity contribution in [2.45, 2.75) is 13.0 Å². The predicted molar refractivity (Wildman–Crippen MR) is 40.8 cm³/mol. The third-order valence-electron chi connectivity index (χ3n) is 1.03. The molecule has 1 aliphatic rings. The second-order valence-corrected chi connectivity index (χ2v) is 2.34. The Morgan fingerprint density at radius 2 is 2.25 bits per heavy atom. The van der Waals surface area contributed by atoms with E-state index in [0.717, 1.165) is 6.61 Å². The van der Waals surface area contributed by atoms with Gasteiger partial charge in [-0.3, -0.25) is 5.26 Å². The standard InChI is InChI=1S/C4H6O2.C3H6O3/c1-3(2)4(5)6;4-6-2-3-1-5-3/h1H2,2H3,(H,5,6);3-4H,1-2H2. The van der Waals surface area contributed by atoms with Gasteiger partial charge in [0.1, 0.15) is 12.7 Å². The monoisotopic (exact) mass is 176 g/mol. The fraction of sp³-hybridized carbons (Fsp3) is 0.571. The van der Waals surface area contributed by atoms with Crippen molar-refractivity contribution in [2.24, 2.45) is 0 Å². The Bertz CT molecular complexity index is 149. The molecule has 1 aliphatic heterocycles. The summed E-state index contributed by atoms with van der Waals surface area (Å²) >= 11 is 0. The summed E-state index contributed by atoms with van der Waals surface area (Å²) in [6.07, 6.45) is 0.176. The Balaban J connectivity index is 0.000000202. The highest BCUT2D eigenvalue weighted by atomic mass is 17.1. The van der Waals surface area contributed by atoms with Crippen LogP contribution in [0.25, 0.3) is 0 Å². The van der Waals surface area contributed by atoms with Gasteiger partial charge in [0.05, 0.1) is 6.61 Å². The Morgan fingerprint density at radius 1 is 1.83 bits per heavy atom. The van der Waals surface area contributed by atoms with E-state index in [1.165, 1.54) is 6.92 Å². The van der Waals surface area contributed by atoms with Gasteiger partial charge in [0.2, 0.25) is 0 Å². The lowest BCUT2D eigenvalue weighted by atomic mass is 10.4. The van der Waals surface area contributed by atoms with Crippen LogP contribution in [0.3, 0.4) is 0 Å². The molecular formula is C7H12O5. The van der Waals surface area contributed by atoms with Gasteiger partial charge in [-0.05, 0) is 6.92 Å². The van der Waals surface area contributed by atoms with E-state index >= 15 is 0 Å². The van der Waals surface area contributed by atoms with Crippen LogP contribution in [0.1, 0.15) is 6.92 Å². The zero-order valence-corrected chi connectivity index (χ0v) is 6.82. The first kappa shape index (κ1) is 11.1. The number of rotatable bonds is 3. The third kappa shape index (κ3) is 7.20. The number of carboxylic acid groups (broad SMARTS) is 1. The van der Waals surface area contributed by atoms with Gasteiger partial charge in [-0.15, -0.1) is 0 Å². The van der Waals surface area contributed by atoms with E-state index in [9.17, 15) is 4.79 Å². The van der Waals surface area contributed by atoms with Crippen molar-refractivity contribution in [3.63, 3.8) is 0 Å². The van der Waals surface area contributed by atoms with Crippen LogP contribution in [0.5, 0.6) is 0 Å². The summed E-state index contributed by atoms with van der Waals surface area (Å²) in [5, 5.41) is 15.6. The topological polar surface area (TPSA) is 79.3 Å². The van der Waals surface area contributed by atoms with E-state index in [2.05, 4.69) is 16.2 Å². The molecule has 0 aromatic carbocycles. The van der Waals surface area contributed by atoms with Gasteiger partial charge in [0, 0.05) is 5.57 Å². The molecule has 5 heteroatoms. The van der Waals surface area contributed by atoms with Crippen molar-refractivity contribution in [1.29, 1.82) is 0 Å². The van der Waals surface area contributed by atoms with Crippen molar-refractivity contribution in [3.8, 4) is 0 Å². The van der Waals surface area contributed by atoms with E-state index in [1.54, 1.807) is 0 Å². The van der Waals surface area contributed by atoms with Gasteiger partial charge in [0.25, 0.3) is 0 Å². The van der Waals surface area contributed by atoms with Crippen molar-refractivity contribution in [2.75, 3.05) is 13.2 Å². The molecule has 1 atom stereocenters. The zero-order chi connectivity index (χ0) is 9.56. The summed E-state index contributed by atoms with van der Waals surface area (Å²) in [7, 11) is 0. The van der Waals surface area contributed by atoms with Crippen LogP contribution in [0.2, 0.25) is 0 Å². The molecule has 1 rings (SSSR count). The first-order chi connectivity index (χ1) is 5.57. The first-order valence-corrected chi connectivity index (χ1v) is 3.34. The van der Waals surface area contributed by atoms with Gasteiger partial charge in [0.15, 0.2) is 0 Å². The summed E-state index contributed by atoms with van der Waals surface area (Å²) in [5.41, 5.74) is 0.176. The summed E-state index contributed by atoms with van der Waals surface area (Å²) in [4.78, 5) is 13.3. The minimum absolute atomic E-state index is 0.176. The highest BCUT2D eigenvalue weighted by molar-refractivity contribution is 5.84. The van der Waals surface area contributed by atoms with Crippen molar-refractivity contribution < 1.29 is 24.8 Å². The molecule has 5 nitrogen and oxygen atoms in total. The average molecular weight is 176 g/mol. The van der Waals surface area contributed by atoms with Gasteiger partial charge in [-0.25, -0.2) is 9.68 Å². The lowest BCUT2D eigenvalue weighted by Crippen LogP contribution is -1.95. The van der Waals surface area contributed by atoms with Crippen molar-refractivity contribution in [3.05, 3.63) is 12.2 Å². The number of ether oxygens (including phenoxy) is 1. The SMILES string of the molecule is C=C(C)C(=O)O.OOCC1CO1. The minimum atomic E-state index is -0.935. The third-order valence-corrected chi connectivity index (χ3v) is 1.03. The van der Waals surface area contributed by atoms with Gasteiger partial charge >= 0.3 is 5.97 Å². The molecular weight excluding hydrogens is 164 g/mol. The number of hydrogen-bond acceptors (Lipinski definition) is 4. The summed E-state index contributed by atoms with van der Waals surface area (Å²) in [6.45, 7) is 5.66. The summed E-state index contributed by atoms with van der Waals surface area (Å²) in [5.74, 6) is -0.935. The van der Waals surface area contributed by atoms with E-state index in [-0.39, 0.29) is 11.7 Å². The maximum atomic E-state index is 9.60. The normalized spacial score (nSPS) is 19.0. The summed E-state index contributed by atoms with van der Waals surface area (Å²) < 4.78 is 4.66. The fourth-order valence-electron chi connectivity index (χ4n) is 0.247. The first-order valence-electron chi connectivity index (χ1n) is 3.34. The van der Waals surface area contributed by atoms with Crippen molar-refractivity contribution in [1.82, 2.24) is 0 Å². The van der Waals surface area contributed by atoms with Crippen LogP contribution in [-0.4, -0.2) is 35.7 Å². The highest BCUT2D eigenvalue weighted by Crippen LogP contribution is 2.06. The Labute approximate surface area is 70.1 Å². The van der Waals surface area contributed by atoms with Crippen LogP contribution < -0.4 is 0 Å². The zero-order valence-electron chi connectivity index (χ0n) is 6.82. The van der Waals surface area contributed by atoms with E-state index < -0.39 is 5.97 Å². The van der Waals surface area contributed by atoms with Crippen LogP contribution >= 0.6 is 0 Å². The molecule has 0 spiro atoms. The Hall–Kier alpha value is -0.910. The average Bonchev–Trinajstić information content (AvgIpc) is 2.73. The molecule has 12 heavy (non-hydrogen) atoms. The fourth-order valence-corrected chi connectivity index (χ4v) is 0.247. The Kier molecular flexibility index (Phi) is 5.27. The second-order valence-electron chi connectivity index (χ2n) is 2.34. The molecule has 1 fully saturated rings. The summed E-state index contributed by atoms with van der Waals surface area (Å²) in [6, 6.07) is 0. The molecule has 2 N–H and O–H groups in total. The molecule has 0 bridgehead atoms. The van der Waals surface area contributed by atoms with Gasteiger partial charge in [-0.1, -0.05) is 6.58 Å². The van der Waals surface area contributed by atoms with Crippen LogP contribution in [0.4, 0.5) is 0 Å². The van der Waals surface area contributed by atoms with Crippen LogP contribution in [0, 0.1) is 0 Å². The maximum absolute atomic E-state index is 9.60. The molecule has 0 amide bonds. The molecule has 0 saturated carbocycles. The van der Waals surface area contributed by atoms with E-state index in [0.29, 0.717) is 6.61 Å². The number of aliphatic carboxylic acids is 1. The van der Waals surface area contributed by atoms with Gasteiger partial charge in [-0.2, -0.15) is 0 Å². The molecule has 0 aromatic heterocycles. The molecule has 0 aliphatic carbocycles. The van der Waals surface area contributed by atoms with Gasteiger partial charge < -0.3 is 9.84 Å². The number of carbonyl (C=O) groups is 1. The minimum Gasteiger partial charge on any atom is -0.478 e. The quantitative estimate of drug-likeness (QED) is 0.283. The number of hydrogen-bond donors (Lipinski definition) is 2. The van der Waals surface area contributed by atoms with E-state index in [1.807, 2.05) is 0 Å². The molecule has 70 valence electrons. The van der Waals surface area contributed by atoms with Crippen LogP contribution in [0.15, 0.2) is 12.2 Å². The lowest BCUT2D eigenvalue weighted by molar-refractivity contribution is -0.244. The van der Waals surface area contributed by atoms with Crippen molar-refractivity contribution >= 4 is 5.97 Å². The van der Waals surface area contributed by atoms with E-state index in [4.69, 9.17) is 10.4 Å². The maximum Gasteiger partial charge on any atom is 0.330 e. The lowest BCUT2D eigenvalue weighted by Gasteiger charge is -1.82. The van der Waals surface area contributed by atoms with Crippen LogP contribution in [-0.2, 0) is 14.4 Å². The molecule has 1 heterocycles. The number of carboxylic acids is 1. The molecule has 1 unspecified atom stereocenters. The Morgan fingerprint density at radius 3 is 2.33 bits per heavy atom. The smallest absolute Gasteiger partial charge is 0.330 e. The largest absolute Gasteiger partial charge is 0.478 e.